The molecule has 0 amide bonds. The van der Waals surface area contributed by atoms with E-state index in [4.69, 9.17) is 0 Å². The minimum atomic E-state index is -0.0421. The molecule has 2 aromatic heterocycles. The quantitative estimate of drug-likeness (QED) is 0.830. The van der Waals surface area contributed by atoms with Crippen LogP contribution in [0, 0.1) is 0 Å². The zero-order valence-corrected chi connectivity index (χ0v) is 9.98. The maximum Gasteiger partial charge on any atom is 0.0926 e. The number of nitrogens with one attached hydrogen (secondary N) is 2. The highest BCUT2D eigenvalue weighted by atomic mass is 15.3. The van der Waals surface area contributed by atoms with Crippen molar-refractivity contribution in [3.8, 4) is 0 Å². The summed E-state index contributed by atoms with van der Waals surface area (Å²) in [5.41, 5.74) is 2.39. The molecule has 2 aromatic rings. The number of aryl methyl sites for hydroxylation is 1. The smallest absolute Gasteiger partial charge is 0.0926 e. The molecule has 0 saturated carbocycles. The van der Waals surface area contributed by atoms with Gasteiger partial charge in [0.15, 0.2) is 0 Å². The molecule has 0 saturated heterocycles. The highest BCUT2D eigenvalue weighted by molar-refractivity contribution is 5.24. The van der Waals surface area contributed by atoms with Gasteiger partial charge in [-0.3, -0.25) is 4.68 Å². The molecule has 5 nitrogen and oxygen atoms in total. The van der Waals surface area contributed by atoms with Crippen LogP contribution in [0.3, 0.4) is 0 Å². The van der Waals surface area contributed by atoms with E-state index in [2.05, 4.69) is 27.3 Å². The van der Waals surface area contributed by atoms with Crippen molar-refractivity contribution < 1.29 is 0 Å². The molecule has 3 heterocycles. The van der Waals surface area contributed by atoms with Crippen LogP contribution in [0.2, 0.25) is 0 Å². The summed E-state index contributed by atoms with van der Waals surface area (Å²) in [6.07, 6.45) is 7.64. The maximum atomic E-state index is 4.46. The lowest BCUT2D eigenvalue weighted by Gasteiger charge is -2.34. The highest BCUT2D eigenvalue weighted by Crippen LogP contribution is 2.29. The number of aromatic amines is 1. The zero-order valence-electron chi connectivity index (χ0n) is 9.98. The lowest BCUT2D eigenvalue weighted by Crippen LogP contribution is -2.45. The van der Waals surface area contributed by atoms with Crippen LogP contribution in [0.25, 0.3) is 0 Å². The van der Waals surface area contributed by atoms with Gasteiger partial charge < -0.3 is 10.3 Å². The van der Waals surface area contributed by atoms with Gasteiger partial charge in [-0.1, -0.05) is 0 Å². The van der Waals surface area contributed by atoms with Crippen molar-refractivity contribution in [2.75, 3.05) is 6.54 Å². The minimum absolute atomic E-state index is 0.0421. The number of nitrogens with zero attached hydrogens (tertiary/aromatic N) is 3. The summed E-state index contributed by atoms with van der Waals surface area (Å²) in [6.45, 7) is 4.13. The first-order chi connectivity index (χ1) is 8.28. The van der Waals surface area contributed by atoms with Crippen molar-refractivity contribution in [3.05, 3.63) is 36.2 Å². The van der Waals surface area contributed by atoms with E-state index in [9.17, 15) is 0 Å². The average Bonchev–Trinajstić information content (AvgIpc) is 2.98. The fraction of sp³-hybridized carbons (Fsp3) is 0.500. The van der Waals surface area contributed by atoms with Crippen molar-refractivity contribution in [2.24, 2.45) is 0 Å². The van der Waals surface area contributed by atoms with E-state index in [0.717, 1.165) is 31.6 Å². The van der Waals surface area contributed by atoms with Gasteiger partial charge in [0.1, 0.15) is 0 Å². The Bertz CT molecular complexity index is 487. The summed E-state index contributed by atoms with van der Waals surface area (Å²) in [7, 11) is 0. The number of H-pyrrole nitrogens is 1. The molecule has 0 spiro atoms. The third-order valence-corrected chi connectivity index (χ3v) is 3.53. The molecule has 1 unspecified atom stereocenters. The van der Waals surface area contributed by atoms with E-state index >= 15 is 0 Å². The fourth-order valence-corrected chi connectivity index (χ4v) is 2.51. The van der Waals surface area contributed by atoms with E-state index in [1.165, 1.54) is 5.69 Å². The molecule has 0 bridgehead atoms. The molecule has 0 aliphatic carbocycles. The van der Waals surface area contributed by atoms with Crippen molar-refractivity contribution in [3.63, 3.8) is 0 Å². The summed E-state index contributed by atoms with van der Waals surface area (Å²) in [5.74, 6) is 0. The molecule has 1 atom stereocenters. The Morgan fingerprint density at radius 1 is 1.53 bits per heavy atom. The van der Waals surface area contributed by atoms with E-state index in [1.807, 2.05) is 23.1 Å². The second-order valence-corrected chi connectivity index (χ2v) is 4.76. The molecule has 5 heteroatoms. The number of imidazole rings is 1. The van der Waals surface area contributed by atoms with Crippen LogP contribution >= 0.6 is 0 Å². The first-order valence-electron chi connectivity index (χ1n) is 6.03. The van der Waals surface area contributed by atoms with E-state index in [0.29, 0.717) is 0 Å². The zero-order chi connectivity index (χ0) is 11.7. The van der Waals surface area contributed by atoms with Crippen LogP contribution in [0.5, 0.6) is 0 Å². The van der Waals surface area contributed by atoms with Crippen LogP contribution in [0.1, 0.15) is 24.7 Å². The Morgan fingerprint density at radius 3 is 3.29 bits per heavy atom. The van der Waals surface area contributed by atoms with E-state index in [1.54, 1.807) is 6.33 Å². The van der Waals surface area contributed by atoms with Crippen LogP contribution in [-0.4, -0.2) is 26.3 Å². The Hall–Kier alpha value is -1.62. The standard InChI is InChI=1S/C12H17N5/c1-12(4-8-17-7-2-5-16-17)11-10(3-6-15-12)13-9-14-11/h2,5,7,9,15H,3-4,6,8H2,1H3,(H,13,14). The number of hydrogen-bond acceptors (Lipinski definition) is 3. The van der Waals surface area contributed by atoms with Gasteiger partial charge in [0, 0.05) is 37.6 Å². The van der Waals surface area contributed by atoms with Crippen LogP contribution in [0.15, 0.2) is 24.8 Å². The molecule has 1 aliphatic heterocycles. The van der Waals surface area contributed by atoms with Gasteiger partial charge in [-0.2, -0.15) is 5.10 Å². The van der Waals surface area contributed by atoms with Crippen molar-refractivity contribution >= 4 is 0 Å². The molecule has 0 radical (unpaired) electrons. The predicted octanol–water partition coefficient (Wildman–Crippen LogP) is 1.06. The minimum Gasteiger partial charge on any atom is -0.348 e. The summed E-state index contributed by atoms with van der Waals surface area (Å²) < 4.78 is 1.97. The van der Waals surface area contributed by atoms with Crippen LogP contribution < -0.4 is 5.32 Å². The van der Waals surface area contributed by atoms with Crippen molar-refractivity contribution in [1.82, 2.24) is 25.1 Å². The van der Waals surface area contributed by atoms with Crippen molar-refractivity contribution in [2.45, 2.75) is 31.8 Å². The largest absolute Gasteiger partial charge is 0.348 e. The third-order valence-electron chi connectivity index (χ3n) is 3.53. The fourth-order valence-electron chi connectivity index (χ4n) is 2.51. The van der Waals surface area contributed by atoms with Gasteiger partial charge in [0.25, 0.3) is 0 Å². The monoisotopic (exact) mass is 231 g/mol. The topological polar surface area (TPSA) is 58.5 Å². The van der Waals surface area contributed by atoms with Gasteiger partial charge in [-0.05, 0) is 19.4 Å². The lowest BCUT2D eigenvalue weighted by atomic mass is 9.88. The van der Waals surface area contributed by atoms with E-state index in [-0.39, 0.29) is 5.54 Å². The number of fused-ring (bicyclic) bond motifs is 1. The molecule has 90 valence electrons. The number of aromatic nitrogens is 4. The molecule has 17 heavy (non-hydrogen) atoms. The molecule has 3 rings (SSSR count). The van der Waals surface area contributed by atoms with Gasteiger partial charge in [-0.25, -0.2) is 4.98 Å². The second kappa shape index (κ2) is 4.00. The Morgan fingerprint density at radius 2 is 2.47 bits per heavy atom. The number of hydrogen-bond donors (Lipinski definition) is 2. The normalized spacial score (nSPS) is 23.6. The second-order valence-electron chi connectivity index (χ2n) is 4.76. The summed E-state index contributed by atoms with van der Waals surface area (Å²) in [5, 5.41) is 7.81. The molecule has 1 aliphatic rings. The third kappa shape index (κ3) is 1.86. The van der Waals surface area contributed by atoms with E-state index < -0.39 is 0 Å². The van der Waals surface area contributed by atoms with Gasteiger partial charge in [-0.15, -0.1) is 0 Å². The van der Waals surface area contributed by atoms with Gasteiger partial charge >= 0.3 is 0 Å². The van der Waals surface area contributed by atoms with Gasteiger partial charge in [0.2, 0.25) is 0 Å². The molecular formula is C12H17N5. The molecule has 2 N–H and O–H groups in total. The SMILES string of the molecule is CC1(CCn2cccn2)NCCc2[nH]cnc21. The average molecular weight is 231 g/mol. The molecular weight excluding hydrogens is 214 g/mol. The summed E-state index contributed by atoms with van der Waals surface area (Å²) in [6, 6.07) is 1.95. The summed E-state index contributed by atoms with van der Waals surface area (Å²) >= 11 is 0. The number of rotatable bonds is 3. The Kier molecular flexibility index (Phi) is 2.48. The first-order valence-corrected chi connectivity index (χ1v) is 6.03. The van der Waals surface area contributed by atoms with Gasteiger partial charge in [0.05, 0.1) is 17.6 Å². The van der Waals surface area contributed by atoms with Crippen LogP contribution in [-0.2, 0) is 18.5 Å². The molecule has 0 aromatic carbocycles. The highest BCUT2D eigenvalue weighted by Gasteiger charge is 2.33. The lowest BCUT2D eigenvalue weighted by molar-refractivity contribution is 0.292. The summed E-state index contributed by atoms with van der Waals surface area (Å²) in [4.78, 5) is 7.69. The maximum absolute atomic E-state index is 4.46. The Balaban J connectivity index is 1.78. The first kappa shape index (κ1) is 10.5. The molecule has 0 fully saturated rings. The van der Waals surface area contributed by atoms with Crippen LogP contribution in [0.4, 0.5) is 0 Å². The van der Waals surface area contributed by atoms with Crippen molar-refractivity contribution in [1.29, 1.82) is 0 Å². The Labute approximate surface area is 100 Å². The predicted molar refractivity (Wildman–Crippen MR) is 64.5 cm³/mol.